The highest BCUT2D eigenvalue weighted by atomic mass is 19.4. The topological polar surface area (TPSA) is 78.2 Å². The number of hydrogen-bond acceptors (Lipinski definition) is 4. The maximum Gasteiger partial charge on any atom is 0.425 e. The number of amides is 1. The number of hydrogen-bond donors (Lipinski definition) is 1. The molecule has 13 heteroatoms. The molecule has 0 aliphatic rings. The van der Waals surface area contributed by atoms with E-state index in [-0.39, 0.29) is 5.82 Å². The molecule has 3 aromatic rings. The van der Waals surface area contributed by atoms with E-state index in [1.165, 1.54) is 7.05 Å². The van der Waals surface area contributed by atoms with Crippen molar-refractivity contribution in [2.24, 2.45) is 7.05 Å². The molecule has 1 amide bonds. The minimum atomic E-state index is -4.87. The highest BCUT2D eigenvalue weighted by Crippen LogP contribution is 2.32. The molecule has 0 bridgehead atoms. The lowest BCUT2D eigenvalue weighted by Crippen LogP contribution is -2.32. The van der Waals surface area contributed by atoms with Crippen LogP contribution in [0.1, 0.15) is 43.9 Å². The summed E-state index contributed by atoms with van der Waals surface area (Å²) in [6.45, 7) is 5.87. The van der Waals surface area contributed by atoms with Crippen molar-refractivity contribution < 1.29 is 35.9 Å². The summed E-state index contributed by atoms with van der Waals surface area (Å²) in [5, 5.41) is 5.97. The van der Waals surface area contributed by atoms with Crippen molar-refractivity contribution in [1.29, 1.82) is 0 Å². The summed E-state index contributed by atoms with van der Waals surface area (Å²) in [5.41, 5.74) is -3.74. The zero-order valence-corrected chi connectivity index (χ0v) is 19.8. The van der Waals surface area contributed by atoms with Crippen molar-refractivity contribution in [3.63, 3.8) is 0 Å². The van der Waals surface area contributed by atoms with Crippen LogP contribution < -0.4 is 15.7 Å². The number of halogens is 6. The van der Waals surface area contributed by atoms with Crippen LogP contribution in [0.25, 0.3) is 5.69 Å². The Morgan fingerprint density at radius 3 is 2.14 bits per heavy atom. The molecule has 0 unspecified atom stereocenters. The van der Waals surface area contributed by atoms with Crippen LogP contribution in [0, 0.1) is 17.5 Å². The third kappa shape index (κ3) is 5.24. The fourth-order valence-corrected chi connectivity index (χ4v) is 3.28. The second-order valence-electron chi connectivity index (χ2n) is 8.98. The maximum atomic E-state index is 15.1. The second-order valence-corrected chi connectivity index (χ2v) is 8.98. The molecule has 1 aromatic heterocycles. The summed E-state index contributed by atoms with van der Waals surface area (Å²) in [4.78, 5) is 25.5. The average molecular weight is 516 g/mol. The third-order valence-corrected chi connectivity index (χ3v) is 5.14. The smallest absolute Gasteiger partial charge is 0.425 e. The van der Waals surface area contributed by atoms with Crippen LogP contribution in [-0.4, -0.2) is 32.5 Å². The van der Waals surface area contributed by atoms with Crippen LogP contribution in [0.15, 0.2) is 35.1 Å². The molecule has 7 nitrogen and oxygen atoms in total. The quantitative estimate of drug-likeness (QED) is 0.491. The van der Waals surface area contributed by atoms with Gasteiger partial charge < -0.3 is 10.1 Å². The molecule has 0 aliphatic carbocycles. The number of nitrogens with zero attached hydrogens (tertiary/aromatic N) is 3. The van der Waals surface area contributed by atoms with Gasteiger partial charge in [-0.25, -0.2) is 18.0 Å². The number of carbonyl (C=O) groups is 1. The molecule has 0 aliphatic heterocycles. The van der Waals surface area contributed by atoms with Gasteiger partial charge in [0.2, 0.25) is 0 Å². The predicted octanol–water partition coefficient (Wildman–Crippen LogP) is 4.87. The summed E-state index contributed by atoms with van der Waals surface area (Å²) in [5.74, 6) is -5.45. The Labute approximate surface area is 201 Å². The number of aromatic nitrogens is 3. The highest BCUT2D eigenvalue weighted by molar-refractivity contribution is 6.06. The lowest BCUT2D eigenvalue weighted by molar-refractivity contribution is -0.189. The Hall–Kier alpha value is -3.77. The van der Waals surface area contributed by atoms with Gasteiger partial charge in [-0.2, -0.15) is 17.9 Å². The number of alkyl halides is 3. The van der Waals surface area contributed by atoms with Gasteiger partial charge in [0.1, 0.15) is 40.4 Å². The normalized spacial score (nSPS) is 13.0. The standard InChI is InChI=1S/C23H22F6N4O3/c1-11(23(27,28)29)36-17-10-16(33-21(35)32(5)20(31-33)22(2,3)4)15(26)9-12(17)19(34)30-18-13(24)7-6-8-14(18)25/h6-11H,1-5H3,(H,30,34)/t11-/m0/s1. The molecule has 194 valence electrons. The van der Waals surface area contributed by atoms with Crippen molar-refractivity contribution in [3.8, 4) is 11.4 Å². The van der Waals surface area contributed by atoms with Crippen molar-refractivity contribution in [3.05, 3.63) is 69.7 Å². The van der Waals surface area contributed by atoms with Crippen LogP contribution in [0.3, 0.4) is 0 Å². The van der Waals surface area contributed by atoms with Gasteiger partial charge in [0.25, 0.3) is 5.91 Å². The number of para-hydroxylation sites is 1. The van der Waals surface area contributed by atoms with Crippen LogP contribution in [0.4, 0.5) is 32.0 Å². The molecule has 0 fully saturated rings. The van der Waals surface area contributed by atoms with E-state index >= 15 is 4.39 Å². The van der Waals surface area contributed by atoms with Gasteiger partial charge in [-0.1, -0.05) is 26.8 Å². The molecular weight excluding hydrogens is 494 g/mol. The first-order chi connectivity index (χ1) is 16.5. The number of nitrogens with one attached hydrogen (secondary N) is 1. The molecular formula is C23H22F6N4O3. The van der Waals surface area contributed by atoms with E-state index in [0.29, 0.717) is 23.7 Å². The fraction of sp³-hybridized carbons (Fsp3) is 0.348. The Morgan fingerprint density at radius 2 is 1.64 bits per heavy atom. The molecule has 1 N–H and O–H groups in total. The van der Waals surface area contributed by atoms with Gasteiger partial charge in [-0.05, 0) is 25.1 Å². The fourth-order valence-electron chi connectivity index (χ4n) is 3.28. The lowest BCUT2D eigenvalue weighted by Gasteiger charge is -2.20. The summed E-state index contributed by atoms with van der Waals surface area (Å²) in [7, 11) is 1.39. The van der Waals surface area contributed by atoms with E-state index in [0.717, 1.165) is 22.8 Å². The molecule has 0 radical (unpaired) electrons. The third-order valence-electron chi connectivity index (χ3n) is 5.14. The van der Waals surface area contributed by atoms with Gasteiger partial charge in [-0.3, -0.25) is 9.36 Å². The number of rotatable bonds is 5. The van der Waals surface area contributed by atoms with Crippen LogP contribution in [0.5, 0.6) is 5.75 Å². The highest BCUT2D eigenvalue weighted by Gasteiger charge is 2.39. The first kappa shape index (κ1) is 26.8. The summed E-state index contributed by atoms with van der Waals surface area (Å²) < 4.78 is 89.4. The molecule has 1 heterocycles. The number of benzene rings is 2. The molecule has 1 atom stereocenters. The first-order valence-corrected chi connectivity index (χ1v) is 10.5. The number of ether oxygens (including phenoxy) is 1. The molecule has 0 saturated heterocycles. The second kappa shape index (κ2) is 9.36. The Kier molecular flexibility index (Phi) is 6.97. The van der Waals surface area contributed by atoms with Crippen molar-refractivity contribution in [1.82, 2.24) is 14.3 Å². The number of anilines is 1. The predicted molar refractivity (Wildman–Crippen MR) is 118 cm³/mol. The van der Waals surface area contributed by atoms with Crippen LogP contribution >= 0.6 is 0 Å². The number of carbonyl (C=O) groups excluding carboxylic acids is 1. The van der Waals surface area contributed by atoms with Gasteiger partial charge in [0.05, 0.1) is 5.56 Å². The van der Waals surface area contributed by atoms with E-state index in [4.69, 9.17) is 4.74 Å². The summed E-state index contributed by atoms with van der Waals surface area (Å²) >= 11 is 0. The largest absolute Gasteiger partial charge is 0.480 e. The SMILES string of the molecule is C[C@H](Oc1cc(-n2nc(C(C)(C)C)n(C)c2=O)c(F)cc1C(=O)Nc1c(F)cccc1F)C(F)(F)F. The Bertz CT molecular complexity index is 1350. The van der Waals surface area contributed by atoms with E-state index in [1.807, 2.05) is 5.32 Å². The van der Waals surface area contributed by atoms with Gasteiger partial charge >= 0.3 is 11.9 Å². The molecule has 0 spiro atoms. The van der Waals surface area contributed by atoms with Gasteiger partial charge in [0, 0.05) is 18.5 Å². The van der Waals surface area contributed by atoms with Crippen molar-refractivity contribution in [2.45, 2.75) is 45.4 Å². The average Bonchev–Trinajstić information content (AvgIpc) is 3.05. The summed E-state index contributed by atoms with van der Waals surface area (Å²) in [6.07, 6.45) is -7.33. The molecule has 3 rings (SSSR count). The maximum absolute atomic E-state index is 15.1. The molecule has 0 saturated carbocycles. The van der Waals surface area contributed by atoms with E-state index < -0.39 is 69.4 Å². The van der Waals surface area contributed by atoms with Gasteiger partial charge in [-0.15, -0.1) is 5.10 Å². The van der Waals surface area contributed by atoms with Crippen LogP contribution in [-0.2, 0) is 12.5 Å². The van der Waals surface area contributed by atoms with E-state index in [1.54, 1.807) is 20.8 Å². The molecule has 36 heavy (non-hydrogen) atoms. The van der Waals surface area contributed by atoms with E-state index in [9.17, 15) is 31.5 Å². The van der Waals surface area contributed by atoms with Crippen LogP contribution in [0.2, 0.25) is 0 Å². The van der Waals surface area contributed by atoms with Crippen molar-refractivity contribution >= 4 is 11.6 Å². The first-order valence-electron chi connectivity index (χ1n) is 10.5. The zero-order chi connectivity index (χ0) is 27.2. The van der Waals surface area contributed by atoms with Crippen molar-refractivity contribution in [2.75, 3.05) is 5.32 Å². The molecule has 2 aromatic carbocycles. The van der Waals surface area contributed by atoms with Gasteiger partial charge in [0.15, 0.2) is 6.10 Å². The lowest BCUT2D eigenvalue weighted by atomic mass is 9.96. The van der Waals surface area contributed by atoms with E-state index in [2.05, 4.69) is 5.10 Å². The Balaban J connectivity index is 2.18. The summed E-state index contributed by atoms with van der Waals surface area (Å²) in [6, 6.07) is 3.91. The minimum Gasteiger partial charge on any atom is -0.480 e. The minimum absolute atomic E-state index is 0.245. The zero-order valence-electron chi connectivity index (χ0n) is 19.8. The monoisotopic (exact) mass is 516 g/mol. The Morgan fingerprint density at radius 1 is 1.06 bits per heavy atom.